The molecule has 0 saturated heterocycles. The minimum Gasteiger partial charge on any atom is -0.399 e. The Balaban J connectivity index is 2.09. The molecule has 0 aliphatic heterocycles. The largest absolute Gasteiger partial charge is 0.399 e. The van der Waals surface area contributed by atoms with E-state index in [1.807, 2.05) is 42.5 Å². The molecule has 0 fully saturated rings. The van der Waals surface area contributed by atoms with Gasteiger partial charge in [0.05, 0.1) is 5.54 Å². The first-order valence-corrected chi connectivity index (χ1v) is 7.67. The van der Waals surface area contributed by atoms with Crippen molar-refractivity contribution in [3.05, 3.63) is 82.5 Å². The lowest BCUT2D eigenvalue weighted by atomic mass is 9.80. The van der Waals surface area contributed by atoms with Gasteiger partial charge in [-0.15, -0.1) is 0 Å². The predicted molar refractivity (Wildman–Crippen MR) is 91.5 cm³/mol. The van der Waals surface area contributed by atoms with E-state index < -0.39 is 5.54 Å². The Kier molecular flexibility index (Phi) is 3.70. The Labute approximate surface area is 133 Å². The molecule has 0 spiro atoms. The molecule has 3 rings (SSSR count). The maximum Gasteiger partial charge on any atom is 0.0641 e. The molecule has 0 radical (unpaired) electrons. The van der Waals surface area contributed by atoms with Crippen LogP contribution in [0.25, 0.3) is 11.1 Å². The number of benzene rings is 2. The van der Waals surface area contributed by atoms with Crippen LogP contribution in [0.2, 0.25) is 0 Å². The van der Waals surface area contributed by atoms with E-state index in [-0.39, 0.29) is 0 Å². The first-order valence-electron chi connectivity index (χ1n) is 6.88. The molecule has 0 heterocycles. The van der Waals surface area contributed by atoms with E-state index in [4.69, 9.17) is 11.5 Å². The van der Waals surface area contributed by atoms with Crippen LogP contribution in [-0.4, -0.2) is 0 Å². The number of rotatable bonds is 2. The number of nitrogens with two attached hydrogens (primary N) is 2. The minimum atomic E-state index is -0.507. The zero-order valence-electron chi connectivity index (χ0n) is 11.6. The van der Waals surface area contributed by atoms with Gasteiger partial charge < -0.3 is 11.5 Å². The summed E-state index contributed by atoms with van der Waals surface area (Å²) in [6, 6.07) is 16.6. The average Bonchev–Trinajstić information content (AvgIpc) is 2.51. The molecule has 0 amide bonds. The summed E-state index contributed by atoms with van der Waals surface area (Å²) in [6.45, 7) is 0. The standard InChI is InChI=1S/C18H17BrN2/c19-14-7-5-13(6-8-14)16-3-1-2-4-17(16)18(21)11-9-15(20)10-12-18/h1-11H,12,20-21H2. The van der Waals surface area contributed by atoms with E-state index in [2.05, 4.69) is 40.2 Å². The van der Waals surface area contributed by atoms with Gasteiger partial charge in [0, 0.05) is 10.2 Å². The van der Waals surface area contributed by atoms with Gasteiger partial charge in [0.25, 0.3) is 0 Å². The monoisotopic (exact) mass is 340 g/mol. The van der Waals surface area contributed by atoms with Gasteiger partial charge in [-0.1, -0.05) is 64.5 Å². The third kappa shape index (κ3) is 2.80. The summed E-state index contributed by atoms with van der Waals surface area (Å²) in [4.78, 5) is 0. The quantitative estimate of drug-likeness (QED) is 0.865. The Morgan fingerprint density at radius 3 is 2.38 bits per heavy atom. The molecule has 4 N–H and O–H groups in total. The van der Waals surface area contributed by atoms with Crippen LogP contribution < -0.4 is 11.5 Å². The highest BCUT2D eigenvalue weighted by atomic mass is 79.9. The van der Waals surface area contributed by atoms with Crippen LogP contribution >= 0.6 is 15.9 Å². The Bertz CT molecular complexity index is 716. The Morgan fingerprint density at radius 1 is 1.00 bits per heavy atom. The van der Waals surface area contributed by atoms with Crippen molar-refractivity contribution in [3.8, 4) is 11.1 Å². The summed E-state index contributed by atoms with van der Waals surface area (Å²) in [5, 5.41) is 0. The lowest BCUT2D eigenvalue weighted by Gasteiger charge is -2.30. The second-order valence-electron chi connectivity index (χ2n) is 5.33. The maximum absolute atomic E-state index is 6.61. The highest BCUT2D eigenvalue weighted by molar-refractivity contribution is 9.10. The van der Waals surface area contributed by atoms with Gasteiger partial charge in [-0.05, 0) is 41.3 Å². The van der Waals surface area contributed by atoms with Crippen molar-refractivity contribution in [2.45, 2.75) is 12.0 Å². The highest BCUT2D eigenvalue weighted by Gasteiger charge is 2.27. The van der Waals surface area contributed by atoms with Crippen molar-refractivity contribution in [1.29, 1.82) is 0 Å². The lowest BCUT2D eigenvalue weighted by Crippen LogP contribution is -2.36. The first-order chi connectivity index (χ1) is 10.1. The van der Waals surface area contributed by atoms with E-state index >= 15 is 0 Å². The third-order valence-corrected chi connectivity index (χ3v) is 4.36. The minimum absolute atomic E-state index is 0.507. The van der Waals surface area contributed by atoms with E-state index in [9.17, 15) is 0 Å². The zero-order chi connectivity index (χ0) is 14.9. The summed E-state index contributed by atoms with van der Waals surface area (Å²) in [6.07, 6.45) is 6.59. The molecule has 2 nitrogen and oxygen atoms in total. The molecule has 1 unspecified atom stereocenters. The SMILES string of the molecule is NC1=CCC(N)(c2ccccc2-c2ccc(Br)cc2)C=C1. The molecule has 1 aliphatic rings. The number of hydrogen-bond acceptors (Lipinski definition) is 2. The fourth-order valence-electron chi connectivity index (χ4n) is 2.64. The van der Waals surface area contributed by atoms with Crippen LogP contribution in [0.1, 0.15) is 12.0 Å². The normalized spacial score (nSPS) is 21.1. The van der Waals surface area contributed by atoms with Gasteiger partial charge in [-0.2, -0.15) is 0 Å². The fraction of sp³-hybridized carbons (Fsp3) is 0.111. The maximum atomic E-state index is 6.61. The molecule has 0 aromatic heterocycles. The smallest absolute Gasteiger partial charge is 0.0641 e. The van der Waals surface area contributed by atoms with Gasteiger partial charge in [0.2, 0.25) is 0 Å². The molecule has 2 aromatic carbocycles. The van der Waals surface area contributed by atoms with Crippen LogP contribution in [-0.2, 0) is 5.54 Å². The van der Waals surface area contributed by atoms with E-state index in [0.29, 0.717) is 6.42 Å². The van der Waals surface area contributed by atoms with Gasteiger partial charge in [0.15, 0.2) is 0 Å². The zero-order valence-corrected chi connectivity index (χ0v) is 13.2. The molecule has 106 valence electrons. The topological polar surface area (TPSA) is 52.0 Å². The Morgan fingerprint density at radius 2 is 1.71 bits per heavy atom. The van der Waals surface area contributed by atoms with Crippen molar-refractivity contribution in [3.63, 3.8) is 0 Å². The van der Waals surface area contributed by atoms with Crippen LogP contribution in [0, 0.1) is 0 Å². The number of allylic oxidation sites excluding steroid dienone is 1. The summed E-state index contributed by atoms with van der Waals surface area (Å²) in [7, 11) is 0. The summed E-state index contributed by atoms with van der Waals surface area (Å²) in [5.74, 6) is 0. The van der Waals surface area contributed by atoms with E-state index in [1.165, 1.54) is 0 Å². The number of halogens is 1. The number of hydrogen-bond donors (Lipinski definition) is 2. The van der Waals surface area contributed by atoms with Gasteiger partial charge >= 0.3 is 0 Å². The fourth-order valence-corrected chi connectivity index (χ4v) is 2.90. The summed E-state index contributed by atoms with van der Waals surface area (Å²) in [5.41, 5.74) is 16.1. The molecular formula is C18H17BrN2. The summed E-state index contributed by atoms with van der Waals surface area (Å²) < 4.78 is 1.07. The average molecular weight is 341 g/mol. The third-order valence-electron chi connectivity index (χ3n) is 3.83. The van der Waals surface area contributed by atoms with Gasteiger partial charge in [0.1, 0.15) is 0 Å². The molecule has 0 saturated carbocycles. The first kappa shape index (κ1) is 14.1. The van der Waals surface area contributed by atoms with Crippen molar-refractivity contribution in [2.75, 3.05) is 0 Å². The molecule has 1 aliphatic carbocycles. The van der Waals surface area contributed by atoms with Crippen molar-refractivity contribution < 1.29 is 0 Å². The van der Waals surface area contributed by atoms with Crippen LogP contribution in [0.5, 0.6) is 0 Å². The van der Waals surface area contributed by atoms with Crippen molar-refractivity contribution in [2.24, 2.45) is 11.5 Å². The van der Waals surface area contributed by atoms with Gasteiger partial charge in [-0.3, -0.25) is 0 Å². The molecule has 2 aromatic rings. The van der Waals surface area contributed by atoms with Crippen LogP contribution in [0.3, 0.4) is 0 Å². The second-order valence-corrected chi connectivity index (χ2v) is 6.25. The Hall–Kier alpha value is -1.84. The summed E-state index contributed by atoms with van der Waals surface area (Å²) >= 11 is 3.47. The molecular weight excluding hydrogens is 324 g/mol. The second kappa shape index (κ2) is 5.51. The molecule has 21 heavy (non-hydrogen) atoms. The molecule has 0 bridgehead atoms. The molecule has 3 heteroatoms. The van der Waals surface area contributed by atoms with Gasteiger partial charge in [-0.25, -0.2) is 0 Å². The van der Waals surface area contributed by atoms with Crippen molar-refractivity contribution >= 4 is 15.9 Å². The van der Waals surface area contributed by atoms with Crippen molar-refractivity contribution in [1.82, 2.24) is 0 Å². The van der Waals surface area contributed by atoms with E-state index in [0.717, 1.165) is 26.9 Å². The van der Waals surface area contributed by atoms with Crippen LogP contribution in [0.4, 0.5) is 0 Å². The highest BCUT2D eigenvalue weighted by Crippen LogP contribution is 2.35. The van der Waals surface area contributed by atoms with E-state index in [1.54, 1.807) is 0 Å². The predicted octanol–water partition coefficient (Wildman–Crippen LogP) is 4.07. The molecule has 1 atom stereocenters. The van der Waals surface area contributed by atoms with Crippen LogP contribution in [0.15, 0.2) is 76.9 Å². The lowest BCUT2D eigenvalue weighted by molar-refractivity contribution is 0.563.